The van der Waals surface area contributed by atoms with Crippen molar-refractivity contribution in [2.75, 3.05) is 0 Å². The molecular weight excluding hydrogens is 212 g/mol. The molecule has 92 valence electrons. The zero-order chi connectivity index (χ0) is 12.5. The molecule has 0 aromatic rings. The van der Waals surface area contributed by atoms with E-state index in [1.54, 1.807) is 0 Å². The van der Waals surface area contributed by atoms with E-state index in [9.17, 15) is 9.59 Å². The van der Waals surface area contributed by atoms with Gasteiger partial charge in [0.2, 0.25) is 0 Å². The van der Waals surface area contributed by atoms with E-state index in [1.165, 1.54) is 5.57 Å². The molecule has 0 spiro atoms. The summed E-state index contributed by atoms with van der Waals surface area (Å²) >= 11 is 0. The number of allylic oxidation sites excluding steroid dienone is 4. The first-order valence-electron chi connectivity index (χ1n) is 6.39. The minimum Gasteiger partial charge on any atom is -0.303 e. The van der Waals surface area contributed by atoms with Crippen LogP contribution in [0, 0.1) is 17.3 Å². The lowest BCUT2D eigenvalue weighted by Gasteiger charge is -2.04. The molecule has 2 aliphatic carbocycles. The van der Waals surface area contributed by atoms with Crippen molar-refractivity contribution < 1.29 is 9.59 Å². The van der Waals surface area contributed by atoms with Gasteiger partial charge in [0.15, 0.2) is 0 Å². The van der Waals surface area contributed by atoms with E-state index >= 15 is 0 Å². The highest BCUT2D eigenvalue weighted by molar-refractivity contribution is 5.75. The molecule has 2 rings (SSSR count). The third kappa shape index (κ3) is 2.26. The molecule has 0 aromatic heterocycles. The summed E-state index contributed by atoms with van der Waals surface area (Å²) in [4.78, 5) is 22.2. The number of aldehydes is 2. The van der Waals surface area contributed by atoms with Crippen LogP contribution in [0.5, 0.6) is 0 Å². The second-order valence-corrected chi connectivity index (χ2v) is 5.60. The van der Waals surface area contributed by atoms with E-state index < -0.39 is 0 Å². The highest BCUT2D eigenvalue weighted by Crippen LogP contribution is 2.60. The number of carbonyl (C=O) groups excluding carboxylic acids is 2. The maximum absolute atomic E-state index is 11.2. The number of hydrogen-bond acceptors (Lipinski definition) is 2. The van der Waals surface area contributed by atoms with E-state index in [0.29, 0.717) is 5.92 Å². The van der Waals surface area contributed by atoms with Gasteiger partial charge in [-0.1, -0.05) is 24.6 Å². The predicted octanol–water partition coefficient (Wildman–Crippen LogP) is 3.08. The molecule has 2 heteroatoms. The van der Waals surface area contributed by atoms with Crippen LogP contribution in [0.4, 0.5) is 0 Å². The maximum Gasteiger partial charge on any atom is 0.145 e. The van der Waals surface area contributed by atoms with E-state index in [1.807, 2.05) is 13.0 Å². The first kappa shape index (κ1) is 12.3. The summed E-state index contributed by atoms with van der Waals surface area (Å²) in [5, 5.41) is 0. The van der Waals surface area contributed by atoms with Gasteiger partial charge < -0.3 is 4.79 Å². The molecule has 0 heterocycles. The average Bonchev–Trinajstić information content (AvgIpc) is 2.90. The van der Waals surface area contributed by atoms with Gasteiger partial charge in [-0.05, 0) is 50.0 Å². The summed E-state index contributed by atoms with van der Waals surface area (Å²) in [7, 11) is 0. The van der Waals surface area contributed by atoms with Crippen molar-refractivity contribution in [3.8, 4) is 0 Å². The van der Waals surface area contributed by atoms with Crippen LogP contribution in [-0.4, -0.2) is 12.6 Å². The van der Waals surface area contributed by atoms with Crippen LogP contribution in [-0.2, 0) is 9.59 Å². The summed E-state index contributed by atoms with van der Waals surface area (Å²) in [5.41, 5.74) is 2.02. The minimum atomic E-state index is -0.223. The van der Waals surface area contributed by atoms with Crippen molar-refractivity contribution >= 4 is 12.6 Å². The molecule has 1 fully saturated rings. The normalized spacial score (nSPS) is 43.4. The van der Waals surface area contributed by atoms with E-state index in [-0.39, 0.29) is 11.3 Å². The Morgan fingerprint density at radius 2 is 2.12 bits per heavy atom. The quantitative estimate of drug-likeness (QED) is 0.541. The summed E-state index contributed by atoms with van der Waals surface area (Å²) in [6.07, 6.45) is 10.2. The molecule has 1 saturated carbocycles. The van der Waals surface area contributed by atoms with Gasteiger partial charge in [-0.25, -0.2) is 0 Å². The predicted molar refractivity (Wildman–Crippen MR) is 67.5 cm³/mol. The molecule has 0 N–H and O–H groups in total. The molecular formula is C15H20O2. The summed E-state index contributed by atoms with van der Waals surface area (Å²) in [6, 6.07) is 0. The molecule has 0 bridgehead atoms. The molecule has 17 heavy (non-hydrogen) atoms. The molecule has 0 aromatic carbocycles. The van der Waals surface area contributed by atoms with Gasteiger partial charge in [0.1, 0.15) is 12.6 Å². The fourth-order valence-electron chi connectivity index (χ4n) is 3.00. The van der Waals surface area contributed by atoms with Crippen LogP contribution in [0.15, 0.2) is 23.3 Å². The molecule has 0 radical (unpaired) electrons. The largest absolute Gasteiger partial charge is 0.303 e. The zero-order valence-electron chi connectivity index (χ0n) is 10.6. The average molecular weight is 232 g/mol. The Kier molecular flexibility index (Phi) is 3.32. The van der Waals surface area contributed by atoms with Gasteiger partial charge in [-0.15, -0.1) is 0 Å². The molecule has 2 aliphatic rings. The molecule has 0 saturated heterocycles. The van der Waals surface area contributed by atoms with Crippen molar-refractivity contribution in [1.82, 2.24) is 0 Å². The Balaban J connectivity index is 2.23. The van der Waals surface area contributed by atoms with Crippen molar-refractivity contribution in [1.29, 1.82) is 0 Å². The molecule has 3 atom stereocenters. The van der Waals surface area contributed by atoms with Gasteiger partial charge in [0, 0.05) is 5.41 Å². The van der Waals surface area contributed by atoms with Crippen LogP contribution in [0.2, 0.25) is 0 Å². The maximum atomic E-state index is 11.2. The van der Waals surface area contributed by atoms with Gasteiger partial charge in [-0.3, -0.25) is 4.79 Å². The number of rotatable bonds is 2. The van der Waals surface area contributed by atoms with E-state index in [0.717, 1.165) is 43.8 Å². The number of carbonyl (C=O) groups is 2. The van der Waals surface area contributed by atoms with Crippen LogP contribution in [0.1, 0.15) is 39.5 Å². The number of fused-ring (bicyclic) bond motifs is 1. The second-order valence-electron chi connectivity index (χ2n) is 5.60. The van der Waals surface area contributed by atoms with E-state index in [4.69, 9.17) is 0 Å². The fraction of sp³-hybridized carbons (Fsp3) is 0.600. The molecule has 0 unspecified atom stereocenters. The first-order chi connectivity index (χ1) is 8.11. The second kappa shape index (κ2) is 4.59. The highest BCUT2D eigenvalue weighted by atomic mass is 16.1. The van der Waals surface area contributed by atoms with Crippen molar-refractivity contribution in [3.05, 3.63) is 23.3 Å². The van der Waals surface area contributed by atoms with Crippen molar-refractivity contribution in [3.63, 3.8) is 0 Å². The van der Waals surface area contributed by atoms with Crippen LogP contribution >= 0.6 is 0 Å². The fourth-order valence-corrected chi connectivity index (χ4v) is 3.00. The Hall–Kier alpha value is -1.18. The summed E-state index contributed by atoms with van der Waals surface area (Å²) in [5.74, 6) is 0.711. The van der Waals surface area contributed by atoms with Crippen LogP contribution in [0.3, 0.4) is 0 Å². The van der Waals surface area contributed by atoms with Gasteiger partial charge in [-0.2, -0.15) is 0 Å². The number of hydrogen-bond donors (Lipinski definition) is 0. The zero-order valence-corrected chi connectivity index (χ0v) is 10.6. The van der Waals surface area contributed by atoms with Gasteiger partial charge in [0.05, 0.1) is 0 Å². The third-order valence-electron chi connectivity index (χ3n) is 4.42. The Labute approximate surface area is 103 Å². The molecule has 0 aliphatic heterocycles. The summed E-state index contributed by atoms with van der Waals surface area (Å²) < 4.78 is 0. The van der Waals surface area contributed by atoms with Crippen molar-refractivity contribution in [2.24, 2.45) is 17.3 Å². The third-order valence-corrected chi connectivity index (χ3v) is 4.42. The SMILES string of the molecule is C/C1=C\CC/C(C=O)=C\[C@H]2[C@@H](CC1)[C@]2(C)C=O. The van der Waals surface area contributed by atoms with Crippen LogP contribution in [0.25, 0.3) is 0 Å². The lowest BCUT2D eigenvalue weighted by Crippen LogP contribution is -2.00. The van der Waals surface area contributed by atoms with Crippen molar-refractivity contribution in [2.45, 2.75) is 39.5 Å². The monoisotopic (exact) mass is 232 g/mol. The molecule has 0 amide bonds. The lowest BCUT2D eigenvalue weighted by atomic mass is 10.0. The Morgan fingerprint density at radius 1 is 1.35 bits per heavy atom. The smallest absolute Gasteiger partial charge is 0.145 e. The lowest BCUT2D eigenvalue weighted by molar-refractivity contribution is -0.112. The topological polar surface area (TPSA) is 34.1 Å². The van der Waals surface area contributed by atoms with Crippen LogP contribution < -0.4 is 0 Å². The highest BCUT2D eigenvalue weighted by Gasteiger charge is 2.59. The standard InChI is InChI=1S/C15H20O2/c1-11-4-3-5-12(9-16)8-14-13(7-6-11)15(14,2)10-17/h4,8-10,13-14H,3,5-7H2,1-2H3/b11-4+,12-8+/t13-,14+,15+/m1/s1. The molecule has 2 nitrogen and oxygen atoms in total. The summed E-state index contributed by atoms with van der Waals surface area (Å²) in [6.45, 7) is 4.16. The first-order valence-corrected chi connectivity index (χ1v) is 6.39. The van der Waals surface area contributed by atoms with Gasteiger partial charge >= 0.3 is 0 Å². The minimum absolute atomic E-state index is 0.223. The Bertz CT molecular complexity index is 392. The van der Waals surface area contributed by atoms with E-state index in [2.05, 4.69) is 13.0 Å². The van der Waals surface area contributed by atoms with Gasteiger partial charge in [0.25, 0.3) is 0 Å². The Morgan fingerprint density at radius 3 is 2.76 bits per heavy atom.